The summed E-state index contributed by atoms with van der Waals surface area (Å²) < 4.78 is 5.41. The number of carbonyl (C=O) groups is 2. The number of anilines is 1. The molecule has 2 aromatic rings. The molecule has 2 N–H and O–H groups in total. The summed E-state index contributed by atoms with van der Waals surface area (Å²) in [5.74, 6) is -0.392. The zero-order valence-electron chi connectivity index (χ0n) is 17.2. The van der Waals surface area contributed by atoms with Crippen molar-refractivity contribution in [2.24, 2.45) is 5.92 Å². The average Bonchev–Trinajstić information content (AvgIpc) is 2.65. The highest BCUT2D eigenvalue weighted by molar-refractivity contribution is 5.97. The van der Waals surface area contributed by atoms with E-state index in [1.807, 2.05) is 76.2 Å². The lowest BCUT2D eigenvalue weighted by atomic mass is 9.99. The Labute approximate surface area is 171 Å². The van der Waals surface area contributed by atoms with Crippen molar-refractivity contribution in [3.05, 3.63) is 60.4 Å². The molecular formula is C23H27N3O3. The van der Waals surface area contributed by atoms with Crippen molar-refractivity contribution in [2.45, 2.75) is 45.8 Å². The number of hydrogen-bond donors (Lipinski definition) is 2. The van der Waals surface area contributed by atoms with Crippen molar-refractivity contribution in [1.29, 1.82) is 0 Å². The second-order valence-electron chi connectivity index (χ2n) is 8.16. The number of hydrogen-bond acceptors (Lipinski definition) is 4. The predicted octanol–water partition coefficient (Wildman–Crippen LogP) is 4.85. The zero-order valence-corrected chi connectivity index (χ0v) is 17.2. The Bertz CT molecular complexity index is 931. The average molecular weight is 393 g/mol. The lowest BCUT2D eigenvalue weighted by Gasteiger charge is -2.23. The maximum Gasteiger partial charge on any atom is 0.408 e. The quantitative estimate of drug-likeness (QED) is 0.679. The van der Waals surface area contributed by atoms with Gasteiger partial charge in [-0.25, -0.2) is 4.79 Å². The molecule has 2 bridgehead atoms. The summed E-state index contributed by atoms with van der Waals surface area (Å²) in [6.45, 7) is 7.31. The summed E-state index contributed by atoms with van der Waals surface area (Å²) in [5.41, 5.74) is 2.70. The Balaban J connectivity index is 2.01. The molecule has 0 radical (unpaired) electrons. The van der Waals surface area contributed by atoms with Crippen molar-refractivity contribution < 1.29 is 14.3 Å². The Morgan fingerprint density at radius 1 is 1.24 bits per heavy atom. The summed E-state index contributed by atoms with van der Waals surface area (Å²) in [4.78, 5) is 29.4. The molecule has 0 spiro atoms. The summed E-state index contributed by atoms with van der Waals surface area (Å²) in [5, 5.41) is 5.92. The highest BCUT2D eigenvalue weighted by Gasteiger charge is 2.22. The molecule has 0 fully saturated rings. The van der Waals surface area contributed by atoms with Gasteiger partial charge in [0.15, 0.2) is 0 Å². The van der Waals surface area contributed by atoms with E-state index in [2.05, 4.69) is 15.6 Å². The van der Waals surface area contributed by atoms with E-state index in [-0.39, 0.29) is 17.9 Å². The van der Waals surface area contributed by atoms with Gasteiger partial charge in [-0.2, -0.15) is 0 Å². The first-order valence-electron chi connectivity index (χ1n) is 9.75. The number of nitrogens with one attached hydrogen (secondary N) is 2. The maximum atomic E-state index is 12.6. The Morgan fingerprint density at radius 2 is 2.00 bits per heavy atom. The van der Waals surface area contributed by atoms with Gasteiger partial charge in [0.2, 0.25) is 5.91 Å². The van der Waals surface area contributed by atoms with Crippen LogP contribution >= 0.6 is 0 Å². The monoisotopic (exact) mass is 393 g/mol. The third-order valence-electron chi connectivity index (χ3n) is 4.54. The van der Waals surface area contributed by atoms with E-state index in [1.165, 1.54) is 0 Å². The molecule has 3 rings (SSSR count). The maximum absolute atomic E-state index is 12.6. The van der Waals surface area contributed by atoms with Crippen molar-refractivity contribution in [3.63, 3.8) is 0 Å². The Morgan fingerprint density at radius 3 is 2.76 bits per heavy atom. The van der Waals surface area contributed by atoms with Crippen molar-refractivity contribution in [2.75, 3.05) is 5.32 Å². The standard InChI is InChI=1S/C23H27N3O3/c1-15-8-7-11-19(26-22(28)29-23(2,3)4)20-14-16(12-13-24-20)17-9-5-6-10-18(17)25-21(15)27/h5-10,12-15,19H,11H2,1-4H3,(H,25,27)(H,26,28)/b8-7+/t15-,19+/m1/s1. The molecule has 6 heteroatoms. The van der Waals surface area contributed by atoms with E-state index in [1.54, 1.807) is 6.20 Å². The summed E-state index contributed by atoms with van der Waals surface area (Å²) in [7, 11) is 0. The number of alkyl carbamates (subject to hydrolysis) is 1. The second kappa shape index (κ2) is 8.47. The molecule has 29 heavy (non-hydrogen) atoms. The van der Waals surface area contributed by atoms with Crippen LogP contribution in [0.15, 0.2) is 54.7 Å². The molecule has 1 aliphatic rings. The van der Waals surface area contributed by atoms with Gasteiger partial charge in [-0.15, -0.1) is 0 Å². The number of rotatable bonds is 1. The van der Waals surface area contributed by atoms with Crippen LogP contribution in [0.2, 0.25) is 0 Å². The molecule has 0 saturated heterocycles. The van der Waals surface area contributed by atoms with Gasteiger partial charge in [0.1, 0.15) is 5.60 Å². The number of pyridine rings is 1. The van der Waals surface area contributed by atoms with Gasteiger partial charge in [0, 0.05) is 17.4 Å². The van der Waals surface area contributed by atoms with Crippen LogP contribution < -0.4 is 10.6 Å². The fourth-order valence-corrected chi connectivity index (χ4v) is 3.11. The lowest BCUT2D eigenvalue weighted by Crippen LogP contribution is -2.35. The van der Waals surface area contributed by atoms with Gasteiger partial charge in [-0.1, -0.05) is 37.3 Å². The highest BCUT2D eigenvalue weighted by atomic mass is 16.6. The minimum absolute atomic E-state index is 0.0831. The smallest absolute Gasteiger partial charge is 0.408 e. The molecule has 1 aromatic carbocycles. The largest absolute Gasteiger partial charge is 0.444 e. The molecule has 1 aliphatic heterocycles. The lowest BCUT2D eigenvalue weighted by molar-refractivity contribution is -0.118. The van der Waals surface area contributed by atoms with Gasteiger partial charge in [0.05, 0.1) is 17.7 Å². The minimum Gasteiger partial charge on any atom is -0.444 e. The molecule has 152 valence electrons. The molecular weight excluding hydrogens is 366 g/mol. The number of para-hydroxylation sites is 1. The number of ether oxygens (including phenoxy) is 1. The van der Waals surface area contributed by atoms with E-state index in [9.17, 15) is 9.59 Å². The minimum atomic E-state index is -0.591. The third kappa shape index (κ3) is 5.44. The molecule has 2 amide bonds. The highest BCUT2D eigenvalue weighted by Crippen LogP contribution is 2.30. The molecule has 2 atom stereocenters. The van der Waals surface area contributed by atoms with Crippen LogP contribution in [0.1, 0.15) is 45.9 Å². The SMILES string of the molecule is C[C@@H]1/C=C/C[C@H](NC(=O)OC(C)(C)C)c2cc(ccn2)-c2ccccc2NC1=O. The number of carbonyl (C=O) groups excluding carboxylic acids is 2. The van der Waals surface area contributed by atoms with Crippen LogP contribution in [0.5, 0.6) is 0 Å². The summed E-state index contributed by atoms with van der Waals surface area (Å²) in [6, 6.07) is 11.1. The molecule has 0 saturated carbocycles. The first kappa shape index (κ1) is 20.6. The van der Waals surface area contributed by atoms with Crippen molar-refractivity contribution in [3.8, 4) is 11.1 Å². The number of nitrogens with zero attached hydrogens (tertiary/aromatic N) is 1. The predicted molar refractivity (Wildman–Crippen MR) is 113 cm³/mol. The van der Waals surface area contributed by atoms with Crippen LogP contribution in [0, 0.1) is 5.92 Å². The normalized spacial score (nSPS) is 20.3. The van der Waals surface area contributed by atoms with Gasteiger partial charge >= 0.3 is 6.09 Å². The van der Waals surface area contributed by atoms with Gasteiger partial charge in [-0.3, -0.25) is 9.78 Å². The van der Waals surface area contributed by atoms with Crippen molar-refractivity contribution in [1.82, 2.24) is 10.3 Å². The van der Waals surface area contributed by atoms with Crippen LogP contribution in [0.25, 0.3) is 11.1 Å². The van der Waals surface area contributed by atoms with E-state index >= 15 is 0 Å². The fraction of sp³-hybridized carbons (Fsp3) is 0.348. The van der Waals surface area contributed by atoms with Crippen molar-refractivity contribution >= 4 is 17.7 Å². The van der Waals surface area contributed by atoms with E-state index < -0.39 is 11.7 Å². The first-order valence-corrected chi connectivity index (χ1v) is 9.75. The molecule has 2 heterocycles. The molecule has 0 unspecified atom stereocenters. The van der Waals surface area contributed by atoms with E-state index in [0.717, 1.165) is 22.5 Å². The second-order valence-corrected chi connectivity index (χ2v) is 8.16. The summed E-state index contributed by atoms with van der Waals surface area (Å²) >= 11 is 0. The molecule has 0 aliphatic carbocycles. The van der Waals surface area contributed by atoms with Crippen LogP contribution in [-0.4, -0.2) is 22.6 Å². The number of benzene rings is 1. The number of aromatic nitrogens is 1. The van der Waals surface area contributed by atoms with Crippen LogP contribution in [0.3, 0.4) is 0 Å². The Kier molecular flexibility index (Phi) is 6.01. The van der Waals surface area contributed by atoms with Crippen LogP contribution in [0.4, 0.5) is 10.5 Å². The van der Waals surface area contributed by atoms with Gasteiger partial charge < -0.3 is 15.4 Å². The Hall–Kier alpha value is -3.15. The third-order valence-corrected chi connectivity index (χ3v) is 4.54. The number of amides is 2. The molecule has 1 aromatic heterocycles. The topological polar surface area (TPSA) is 80.3 Å². The van der Waals surface area contributed by atoms with E-state index in [4.69, 9.17) is 4.74 Å². The molecule has 6 nitrogen and oxygen atoms in total. The van der Waals surface area contributed by atoms with Gasteiger partial charge in [0.25, 0.3) is 0 Å². The van der Waals surface area contributed by atoms with E-state index in [0.29, 0.717) is 6.42 Å². The summed E-state index contributed by atoms with van der Waals surface area (Å²) in [6.07, 6.45) is 5.45. The zero-order chi connectivity index (χ0) is 21.0. The fourth-order valence-electron chi connectivity index (χ4n) is 3.11. The number of fused-ring (bicyclic) bond motifs is 4. The van der Waals surface area contributed by atoms with Gasteiger partial charge in [-0.05, 0) is 51.0 Å². The first-order chi connectivity index (χ1) is 13.7. The van der Waals surface area contributed by atoms with Crippen LogP contribution in [-0.2, 0) is 9.53 Å².